The summed E-state index contributed by atoms with van der Waals surface area (Å²) in [6, 6.07) is 13.4. The van der Waals surface area contributed by atoms with Crippen LogP contribution in [0.25, 0.3) is 0 Å². The molecule has 0 aliphatic heterocycles. The molecule has 13 heteroatoms. The number of rotatable bonds is 8. The highest BCUT2D eigenvalue weighted by Crippen LogP contribution is 2.30. The summed E-state index contributed by atoms with van der Waals surface area (Å²) in [5.41, 5.74) is 1.06. The number of nitro benzene ring substituents is 1. The lowest BCUT2D eigenvalue weighted by Gasteiger charge is -2.10. The topological polar surface area (TPSA) is 123 Å². The molecule has 0 atom stereocenters. The zero-order valence-corrected chi connectivity index (χ0v) is 18.2. The van der Waals surface area contributed by atoms with Crippen LogP contribution in [0.4, 0.5) is 30.2 Å². The largest absolute Gasteiger partial charge is 0.497 e. The van der Waals surface area contributed by atoms with Gasteiger partial charge in [0.2, 0.25) is 0 Å². The smallest absolute Gasteiger partial charge is 0.416 e. The van der Waals surface area contributed by atoms with Gasteiger partial charge in [-0.25, -0.2) is 8.42 Å². The first kappa shape index (κ1) is 24.5. The fourth-order valence-corrected chi connectivity index (χ4v) is 3.85. The van der Waals surface area contributed by atoms with Crippen molar-refractivity contribution in [1.82, 2.24) is 0 Å². The lowest BCUT2D eigenvalue weighted by Crippen LogP contribution is -2.13. The molecule has 0 unspecified atom stereocenters. The predicted octanol–water partition coefficient (Wildman–Crippen LogP) is 4.87. The number of nitrogens with one attached hydrogen (secondary N) is 2. The van der Waals surface area contributed by atoms with E-state index in [1.54, 1.807) is 0 Å². The van der Waals surface area contributed by atoms with Crippen LogP contribution in [-0.4, -0.2) is 26.7 Å². The van der Waals surface area contributed by atoms with E-state index in [-0.39, 0.29) is 21.8 Å². The average Bonchev–Trinajstić information content (AvgIpc) is 2.79. The Balaban J connectivity index is 1.81. The van der Waals surface area contributed by atoms with Gasteiger partial charge in [0.25, 0.3) is 15.7 Å². The van der Waals surface area contributed by atoms with Gasteiger partial charge in [-0.15, -0.1) is 0 Å². The van der Waals surface area contributed by atoms with Crippen molar-refractivity contribution in [2.75, 3.05) is 17.3 Å². The monoisotopic (exact) mass is 494 g/mol. The molecule has 2 N–H and O–H groups in total. The Morgan fingerprint density at radius 1 is 1.06 bits per heavy atom. The number of alkyl halides is 3. The highest BCUT2D eigenvalue weighted by molar-refractivity contribution is 7.92. The van der Waals surface area contributed by atoms with Crippen LogP contribution < -0.4 is 14.9 Å². The molecule has 0 radical (unpaired) electrons. The first-order valence-electron chi connectivity index (χ1n) is 9.41. The minimum absolute atomic E-state index is 0.105. The molecule has 0 heterocycles. The predicted molar refractivity (Wildman–Crippen MR) is 120 cm³/mol. The second-order valence-electron chi connectivity index (χ2n) is 6.76. The van der Waals surface area contributed by atoms with Crippen molar-refractivity contribution in [1.29, 1.82) is 0 Å². The van der Waals surface area contributed by atoms with Gasteiger partial charge in [0.1, 0.15) is 11.4 Å². The Bertz CT molecular complexity index is 1330. The number of hydrazone groups is 1. The van der Waals surface area contributed by atoms with Crippen LogP contribution in [0.2, 0.25) is 0 Å². The summed E-state index contributed by atoms with van der Waals surface area (Å²) in [6.07, 6.45) is -3.48. The standard InChI is InChI=1S/C21H17F3N4O5S/c1-33-17-7-5-16(6-8-17)27-34(31,32)18-9-10-19(20(12-18)28(29)30)26-25-13-14-3-2-4-15(11-14)21(22,23)24/h2-13,26-27H,1H3. The van der Waals surface area contributed by atoms with Gasteiger partial charge in [-0.2, -0.15) is 18.3 Å². The third-order valence-corrected chi connectivity index (χ3v) is 5.81. The number of halogens is 3. The SMILES string of the molecule is COc1ccc(NS(=O)(=O)c2ccc(NN=Cc3cccc(C(F)(F)F)c3)c([N+](=O)[O-])c2)cc1. The molecule has 34 heavy (non-hydrogen) atoms. The van der Waals surface area contributed by atoms with Gasteiger partial charge >= 0.3 is 6.18 Å². The second kappa shape index (κ2) is 9.79. The van der Waals surface area contributed by atoms with Crippen molar-refractivity contribution in [2.45, 2.75) is 11.1 Å². The van der Waals surface area contributed by atoms with Gasteiger partial charge < -0.3 is 4.74 Å². The number of sulfonamides is 1. The lowest BCUT2D eigenvalue weighted by molar-refractivity contribution is -0.384. The maximum atomic E-state index is 12.8. The van der Waals surface area contributed by atoms with E-state index in [4.69, 9.17) is 4.74 Å². The first-order chi connectivity index (χ1) is 16.0. The van der Waals surface area contributed by atoms with Gasteiger partial charge in [-0.3, -0.25) is 20.3 Å². The summed E-state index contributed by atoms with van der Waals surface area (Å²) < 4.78 is 71.0. The Hall–Kier alpha value is -4.13. The molecule has 0 amide bonds. The third kappa shape index (κ3) is 6.01. The summed E-state index contributed by atoms with van der Waals surface area (Å²) in [7, 11) is -2.70. The lowest BCUT2D eigenvalue weighted by atomic mass is 10.1. The van der Waals surface area contributed by atoms with Crippen LogP contribution in [0, 0.1) is 10.1 Å². The van der Waals surface area contributed by atoms with Crippen molar-refractivity contribution in [3.8, 4) is 5.75 Å². The number of nitro groups is 1. The maximum absolute atomic E-state index is 12.8. The van der Waals surface area contributed by atoms with E-state index in [2.05, 4.69) is 15.2 Å². The van der Waals surface area contributed by atoms with Crippen LogP contribution in [0.1, 0.15) is 11.1 Å². The minimum Gasteiger partial charge on any atom is -0.497 e. The Morgan fingerprint density at radius 3 is 2.38 bits per heavy atom. The number of ether oxygens (including phenoxy) is 1. The van der Waals surface area contributed by atoms with Crippen LogP contribution in [0.3, 0.4) is 0 Å². The van der Waals surface area contributed by atoms with Crippen molar-refractivity contribution in [2.24, 2.45) is 5.10 Å². The van der Waals surface area contributed by atoms with Crippen LogP contribution in [0.5, 0.6) is 5.75 Å². The first-order valence-corrected chi connectivity index (χ1v) is 10.9. The van der Waals surface area contributed by atoms with E-state index in [9.17, 15) is 31.7 Å². The summed E-state index contributed by atoms with van der Waals surface area (Å²) >= 11 is 0. The molecular weight excluding hydrogens is 477 g/mol. The van der Waals surface area contributed by atoms with Crippen molar-refractivity contribution < 1.29 is 31.2 Å². The normalized spacial score (nSPS) is 11.9. The van der Waals surface area contributed by atoms with E-state index < -0.39 is 32.4 Å². The summed E-state index contributed by atoms with van der Waals surface area (Å²) in [4.78, 5) is 10.3. The number of methoxy groups -OCH3 is 1. The molecule has 0 saturated carbocycles. The molecule has 0 saturated heterocycles. The molecule has 0 aliphatic carbocycles. The average molecular weight is 494 g/mol. The summed E-state index contributed by atoms with van der Waals surface area (Å²) in [6.45, 7) is 0. The fourth-order valence-electron chi connectivity index (χ4n) is 2.77. The van der Waals surface area contributed by atoms with Gasteiger partial charge in [0.15, 0.2) is 0 Å². The van der Waals surface area contributed by atoms with Crippen molar-refractivity contribution in [3.05, 3.63) is 88.0 Å². The molecule has 0 aromatic heterocycles. The number of hydrogen-bond acceptors (Lipinski definition) is 7. The van der Waals surface area contributed by atoms with Crippen LogP contribution >= 0.6 is 0 Å². The zero-order chi connectivity index (χ0) is 24.9. The zero-order valence-electron chi connectivity index (χ0n) is 17.4. The molecule has 3 rings (SSSR count). The molecule has 0 spiro atoms. The van der Waals surface area contributed by atoms with Gasteiger partial charge in [0.05, 0.1) is 28.7 Å². The Morgan fingerprint density at radius 2 is 1.76 bits per heavy atom. The van der Waals surface area contributed by atoms with Crippen LogP contribution in [-0.2, 0) is 16.2 Å². The number of nitrogens with zero attached hydrogens (tertiary/aromatic N) is 2. The highest BCUT2D eigenvalue weighted by atomic mass is 32.2. The number of anilines is 2. The van der Waals surface area contributed by atoms with E-state index in [1.807, 2.05) is 0 Å². The van der Waals surface area contributed by atoms with Gasteiger partial charge in [0, 0.05) is 11.8 Å². The van der Waals surface area contributed by atoms with Crippen molar-refractivity contribution in [3.63, 3.8) is 0 Å². The molecule has 0 bridgehead atoms. The quantitative estimate of drug-likeness (QED) is 0.262. The van der Waals surface area contributed by atoms with E-state index in [0.29, 0.717) is 5.75 Å². The van der Waals surface area contributed by atoms with Gasteiger partial charge in [-0.1, -0.05) is 12.1 Å². The van der Waals surface area contributed by atoms with E-state index in [1.165, 1.54) is 43.5 Å². The van der Waals surface area contributed by atoms with Crippen LogP contribution in [0.15, 0.2) is 76.7 Å². The molecule has 178 valence electrons. The molecule has 0 aliphatic rings. The van der Waals surface area contributed by atoms with Gasteiger partial charge in [-0.05, 0) is 54.1 Å². The fraction of sp³-hybridized carbons (Fsp3) is 0.0952. The number of hydrogen-bond donors (Lipinski definition) is 2. The molecule has 0 fully saturated rings. The molecule has 3 aromatic rings. The Kier molecular flexibility index (Phi) is 7.05. The second-order valence-corrected chi connectivity index (χ2v) is 8.45. The Labute approximate surface area is 192 Å². The number of benzene rings is 3. The maximum Gasteiger partial charge on any atom is 0.416 e. The minimum atomic E-state index is -4.53. The van der Waals surface area contributed by atoms with E-state index in [0.717, 1.165) is 36.5 Å². The molecular formula is C21H17F3N4O5S. The highest BCUT2D eigenvalue weighted by Gasteiger charge is 2.30. The van der Waals surface area contributed by atoms with E-state index >= 15 is 0 Å². The third-order valence-electron chi connectivity index (χ3n) is 4.43. The summed E-state index contributed by atoms with van der Waals surface area (Å²) in [5, 5.41) is 15.2. The molecule has 9 nitrogen and oxygen atoms in total. The summed E-state index contributed by atoms with van der Waals surface area (Å²) in [5.74, 6) is 0.514. The van der Waals surface area contributed by atoms with Crippen molar-refractivity contribution >= 4 is 33.3 Å². The molecule has 3 aromatic carbocycles.